The number of rotatable bonds is 9. The van der Waals surface area contributed by atoms with Crippen LogP contribution >= 0.6 is 0 Å². The van der Waals surface area contributed by atoms with Gasteiger partial charge in [0.15, 0.2) is 0 Å². The molecule has 346 valence electrons. The minimum absolute atomic E-state index is 0. The summed E-state index contributed by atoms with van der Waals surface area (Å²) in [4.78, 5) is 9.54. The summed E-state index contributed by atoms with van der Waals surface area (Å²) in [6.07, 6.45) is 6.64. The van der Waals surface area contributed by atoms with Crippen LogP contribution in [0, 0.1) is 25.3 Å². The van der Waals surface area contributed by atoms with E-state index in [2.05, 4.69) is 135 Å². The molecule has 0 bridgehead atoms. The first kappa shape index (κ1) is 36.8. The number of aromatic nitrogens is 5. The van der Waals surface area contributed by atoms with Crippen molar-refractivity contribution in [1.82, 2.24) is 19.1 Å². The first-order valence-corrected chi connectivity index (χ1v) is 23.0. The van der Waals surface area contributed by atoms with Crippen molar-refractivity contribution < 1.29 is 41.3 Å². The van der Waals surface area contributed by atoms with Crippen molar-refractivity contribution >= 4 is 32.8 Å². The zero-order valence-electron chi connectivity index (χ0n) is 46.8. The van der Waals surface area contributed by atoms with Gasteiger partial charge in [-0.05, 0) is 104 Å². The molecule has 0 amide bonds. The topological polar surface area (TPSA) is 48.8 Å². The molecule has 0 aliphatic heterocycles. The van der Waals surface area contributed by atoms with Crippen LogP contribution in [0.3, 0.4) is 0 Å². The number of imidazole rings is 1. The molecule has 0 spiro atoms. The Bertz CT molecular complexity index is 4260. The van der Waals surface area contributed by atoms with E-state index in [0.717, 1.165) is 66.4 Å². The molecule has 0 N–H and O–H groups in total. The Morgan fingerprint density at radius 2 is 1.27 bits per heavy atom. The number of para-hydroxylation sites is 4. The third-order valence-corrected chi connectivity index (χ3v) is 12.6. The van der Waals surface area contributed by atoms with Crippen molar-refractivity contribution in [2.75, 3.05) is 0 Å². The summed E-state index contributed by atoms with van der Waals surface area (Å²) in [5.74, 6) is 1.34. The third kappa shape index (κ3) is 8.45. The quantitative estimate of drug-likeness (QED) is 0.107. The van der Waals surface area contributed by atoms with Gasteiger partial charge in [0.05, 0.1) is 29.4 Å². The molecule has 0 fully saturated rings. The normalized spacial score (nSPS) is 13.3. The van der Waals surface area contributed by atoms with Gasteiger partial charge in [-0.15, -0.1) is 17.5 Å². The zero-order valence-corrected chi connectivity index (χ0v) is 41.1. The number of benzene rings is 8. The Balaban J connectivity index is 0.00000660. The number of nitrogens with zero attached hydrogens (tertiary/aromatic N) is 5. The smallest absolute Gasteiger partial charge is 0.269 e. The minimum atomic E-state index is -2.76. The van der Waals surface area contributed by atoms with Crippen molar-refractivity contribution in [3.8, 4) is 73.3 Å². The molecule has 12 rings (SSSR count). The number of hydrogen-bond acceptors (Lipinski definition) is 3. The summed E-state index contributed by atoms with van der Waals surface area (Å²) in [6.45, 7) is 3.92. The Hall–Kier alpha value is -8.18. The average Bonchev–Trinajstić information content (AvgIpc) is 4.25. The maximum Gasteiger partial charge on any atom is 0.269 e. The van der Waals surface area contributed by atoms with E-state index < -0.39 is 37.1 Å². The molecule has 4 aromatic heterocycles. The molecular weight excluding hydrogens is 1050 g/mol. The van der Waals surface area contributed by atoms with E-state index in [9.17, 15) is 0 Å². The van der Waals surface area contributed by atoms with Crippen LogP contribution in [-0.2, 0) is 26.5 Å². The van der Waals surface area contributed by atoms with Gasteiger partial charge in [-0.3, -0.25) is 14.1 Å². The van der Waals surface area contributed by atoms with Crippen LogP contribution < -0.4 is 9.30 Å². The van der Waals surface area contributed by atoms with Crippen molar-refractivity contribution in [1.29, 1.82) is 0 Å². The number of hydrogen-bond donors (Lipinski definition) is 0. The fourth-order valence-electron chi connectivity index (χ4n) is 9.36. The summed E-state index contributed by atoms with van der Waals surface area (Å²) in [6, 6.07) is 60.9. The van der Waals surface area contributed by atoms with Crippen LogP contribution in [0.2, 0.25) is 0 Å². The van der Waals surface area contributed by atoms with Gasteiger partial charge in [0.25, 0.3) is 6.33 Å². The summed E-state index contributed by atoms with van der Waals surface area (Å²) < 4.78 is 80.1. The molecule has 0 unspecified atom stereocenters. The van der Waals surface area contributed by atoms with E-state index in [1.807, 2.05) is 71.3 Å². The Labute approximate surface area is 439 Å². The maximum atomic E-state index is 8.64. The maximum absolute atomic E-state index is 8.64. The van der Waals surface area contributed by atoms with Crippen LogP contribution in [0.1, 0.15) is 42.9 Å². The molecule has 0 radical (unpaired) electrons. The van der Waals surface area contributed by atoms with E-state index in [-0.39, 0.29) is 49.0 Å². The van der Waals surface area contributed by atoms with Gasteiger partial charge in [0.2, 0.25) is 0 Å². The predicted molar refractivity (Wildman–Crippen MR) is 283 cm³/mol. The van der Waals surface area contributed by atoms with Crippen molar-refractivity contribution in [3.05, 3.63) is 242 Å². The Morgan fingerprint density at radius 3 is 2.00 bits per heavy atom. The van der Waals surface area contributed by atoms with Crippen molar-refractivity contribution in [2.24, 2.45) is 0 Å². The van der Waals surface area contributed by atoms with Crippen LogP contribution in [-0.4, -0.2) is 19.1 Å². The molecule has 71 heavy (non-hydrogen) atoms. The Kier molecular flexibility index (Phi) is 9.64. The van der Waals surface area contributed by atoms with Gasteiger partial charge in [-0.25, -0.2) is 4.98 Å². The van der Waals surface area contributed by atoms with Gasteiger partial charge in [-0.1, -0.05) is 184 Å². The predicted octanol–water partition coefficient (Wildman–Crippen LogP) is 15.3. The van der Waals surface area contributed by atoms with Crippen LogP contribution in [0.25, 0.3) is 94.7 Å². The summed E-state index contributed by atoms with van der Waals surface area (Å²) in [5.41, 5.74) is 10.8. The fraction of sp³-hybridized carbons (Fsp3) is 0.0781. The van der Waals surface area contributed by atoms with E-state index in [1.54, 1.807) is 16.8 Å². The second-order valence-electron chi connectivity index (χ2n) is 18.1. The van der Waals surface area contributed by atoms with E-state index in [0.29, 0.717) is 28.4 Å². The van der Waals surface area contributed by atoms with Crippen LogP contribution in [0.5, 0.6) is 11.5 Å². The number of ether oxygens (including phenoxy) is 1. The molecule has 4 heterocycles. The van der Waals surface area contributed by atoms with Gasteiger partial charge in [-0.2, -0.15) is 18.2 Å². The Morgan fingerprint density at radius 1 is 0.592 bits per heavy atom. The molecule has 12 aromatic rings. The van der Waals surface area contributed by atoms with Crippen LogP contribution in [0.4, 0.5) is 0 Å². The molecule has 7 heteroatoms. The van der Waals surface area contributed by atoms with E-state index >= 15 is 0 Å². The monoisotopic (exact) mass is 1100 g/mol. The zero-order chi connectivity index (χ0) is 54.2. The largest absolute Gasteiger partial charge is 0.522 e. The standard InChI is InChI=1S/C64H47N5O.Pt/c1-43-35-62(66-41-55(43)46-23-12-7-13-24-46)69-57-28-15-14-25-53(57)54-32-31-50(39-60(54)69)70-51-33-34-65-61(40-51)67-42-68(59-30-17-16-29-58(59)67)63-52(26-18-27-56(63)64(2,3)4)49-37-47(44-19-8-5-9-20-44)36-48(38-49)45-21-10-6-11-22-45;/h5-38,41H,1-4H3;/q-2;/i1D3,7D,12D,13D,23D,24D;. The van der Waals surface area contributed by atoms with Crippen molar-refractivity contribution in [2.45, 2.75) is 33.0 Å². The number of pyridine rings is 2. The SMILES string of the molecule is [2H]c1c([2H])c([2H])c(-c2cnc(-n3c4[c-]c(Oc5[c-]c(-n6[c-][n+](-c7c(-c8cc(-c9ccccc9)cc(-c9ccccc9)c8)cccc7C(C)(C)C)c7ccccc76)ncc5)ccc4c4ccccc43)cc2C([2H])([2H])[2H])c([2H])c1[2H].[Pt]. The molecule has 0 saturated carbocycles. The average molecular weight is 1110 g/mol. The second-order valence-corrected chi connectivity index (χ2v) is 18.1. The van der Waals surface area contributed by atoms with E-state index in [1.165, 1.54) is 12.3 Å². The molecule has 0 saturated heterocycles. The molecule has 0 aliphatic carbocycles. The molecule has 8 aromatic carbocycles. The third-order valence-electron chi connectivity index (χ3n) is 12.6. The second kappa shape index (κ2) is 18.6. The van der Waals surface area contributed by atoms with Gasteiger partial charge in [0.1, 0.15) is 5.82 Å². The van der Waals surface area contributed by atoms with Gasteiger partial charge in [0, 0.05) is 48.2 Å². The molecular formula is C64H47N5OPt-2. The molecule has 0 aliphatic rings. The fourth-order valence-corrected chi connectivity index (χ4v) is 9.36. The molecule has 0 atom stereocenters. The number of fused-ring (bicyclic) bond motifs is 4. The summed E-state index contributed by atoms with van der Waals surface area (Å²) in [5, 5.41) is 1.64. The first-order chi connectivity index (χ1) is 37.5. The van der Waals surface area contributed by atoms with E-state index in [4.69, 9.17) is 25.7 Å². The van der Waals surface area contributed by atoms with Crippen LogP contribution in [0.15, 0.2) is 212 Å². The van der Waals surface area contributed by atoms with Gasteiger partial charge >= 0.3 is 0 Å². The van der Waals surface area contributed by atoms with Crippen molar-refractivity contribution in [3.63, 3.8) is 0 Å². The summed E-state index contributed by atoms with van der Waals surface area (Å²) >= 11 is 0. The minimum Gasteiger partial charge on any atom is -0.522 e. The summed E-state index contributed by atoms with van der Waals surface area (Å²) in [7, 11) is 0. The number of aryl methyl sites for hydroxylation is 1. The van der Waals surface area contributed by atoms with Gasteiger partial charge < -0.3 is 9.30 Å². The molecule has 6 nitrogen and oxygen atoms in total. The first-order valence-electron chi connectivity index (χ1n) is 27.0.